The summed E-state index contributed by atoms with van der Waals surface area (Å²) in [6.45, 7) is 7.79. The van der Waals surface area contributed by atoms with E-state index in [1.807, 2.05) is 6.92 Å². The number of carbonyl (C=O) groups excluding carboxylic acids is 1. The Labute approximate surface area is 87.8 Å². The summed E-state index contributed by atoms with van der Waals surface area (Å²) in [5, 5.41) is 0. The molecule has 0 radical (unpaired) electrons. The molecule has 0 heterocycles. The molecule has 0 saturated heterocycles. The molecule has 0 bridgehead atoms. The molecule has 0 aromatic rings. The van der Waals surface area contributed by atoms with Gasteiger partial charge in [0.1, 0.15) is 0 Å². The van der Waals surface area contributed by atoms with Crippen LogP contribution in [-0.2, 0) is 18.7 Å². The first-order valence-electron chi connectivity index (χ1n) is 4.32. The lowest BCUT2D eigenvalue weighted by atomic mass is 10.1. The standard InChI is InChI=1S/C9H18O4Si/c1-7(2)5-12-6-9(3,11-4)8(10)13-14/h1,5-6H2,2-4,14H3. The largest absolute Gasteiger partial charge is 0.527 e. The van der Waals surface area contributed by atoms with Crippen LogP contribution in [0.1, 0.15) is 13.8 Å². The minimum atomic E-state index is -1.00. The van der Waals surface area contributed by atoms with Crippen molar-refractivity contribution in [2.45, 2.75) is 19.4 Å². The molecule has 1 unspecified atom stereocenters. The van der Waals surface area contributed by atoms with E-state index >= 15 is 0 Å². The monoisotopic (exact) mass is 218 g/mol. The fraction of sp³-hybridized carbons (Fsp3) is 0.667. The van der Waals surface area contributed by atoms with Crippen molar-refractivity contribution in [3.8, 4) is 0 Å². The second-order valence-electron chi connectivity index (χ2n) is 3.38. The van der Waals surface area contributed by atoms with Gasteiger partial charge in [0, 0.05) is 7.11 Å². The summed E-state index contributed by atoms with van der Waals surface area (Å²) >= 11 is 0. The van der Waals surface area contributed by atoms with Crippen LogP contribution >= 0.6 is 0 Å². The number of hydrogen-bond acceptors (Lipinski definition) is 4. The Kier molecular flexibility index (Phi) is 5.67. The van der Waals surface area contributed by atoms with Crippen LogP contribution in [0.3, 0.4) is 0 Å². The lowest BCUT2D eigenvalue weighted by molar-refractivity contribution is -0.163. The predicted molar refractivity (Wildman–Crippen MR) is 57.1 cm³/mol. The highest BCUT2D eigenvalue weighted by Crippen LogP contribution is 2.12. The number of methoxy groups -OCH3 is 1. The van der Waals surface area contributed by atoms with Crippen LogP contribution in [0.4, 0.5) is 0 Å². The van der Waals surface area contributed by atoms with Crippen molar-refractivity contribution in [3.05, 3.63) is 12.2 Å². The Bertz CT molecular complexity index is 217. The first-order valence-corrected chi connectivity index (χ1v) is 5.13. The molecule has 0 spiro atoms. The Hall–Kier alpha value is -0.653. The Balaban J connectivity index is 4.12. The molecular formula is C9H18O4Si. The zero-order chi connectivity index (χ0) is 11.2. The van der Waals surface area contributed by atoms with Crippen molar-refractivity contribution < 1.29 is 18.7 Å². The summed E-state index contributed by atoms with van der Waals surface area (Å²) in [6.07, 6.45) is 0. The van der Waals surface area contributed by atoms with Gasteiger partial charge in [-0.25, -0.2) is 0 Å². The number of carbonyl (C=O) groups is 1. The quantitative estimate of drug-likeness (QED) is 0.458. The normalized spacial score (nSPS) is 14.8. The first-order chi connectivity index (χ1) is 6.46. The van der Waals surface area contributed by atoms with Gasteiger partial charge in [-0.3, -0.25) is 4.79 Å². The Morgan fingerprint density at radius 1 is 1.57 bits per heavy atom. The van der Waals surface area contributed by atoms with Crippen LogP contribution in [0.15, 0.2) is 12.2 Å². The van der Waals surface area contributed by atoms with Gasteiger partial charge in [0.05, 0.1) is 13.2 Å². The van der Waals surface area contributed by atoms with Gasteiger partial charge in [0.2, 0.25) is 10.5 Å². The van der Waals surface area contributed by atoms with Gasteiger partial charge in [-0.05, 0) is 13.8 Å². The van der Waals surface area contributed by atoms with E-state index in [-0.39, 0.29) is 12.6 Å². The van der Waals surface area contributed by atoms with Gasteiger partial charge >= 0.3 is 5.97 Å². The van der Waals surface area contributed by atoms with Crippen LogP contribution in [-0.4, -0.2) is 42.4 Å². The van der Waals surface area contributed by atoms with Gasteiger partial charge in [-0.2, -0.15) is 0 Å². The fourth-order valence-electron chi connectivity index (χ4n) is 0.837. The molecule has 82 valence electrons. The van der Waals surface area contributed by atoms with Gasteiger partial charge < -0.3 is 13.9 Å². The molecule has 0 aromatic carbocycles. The van der Waals surface area contributed by atoms with Crippen molar-refractivity contribution in [2.75, 3.05) is 20.3 Å². The van der Waals surface area contributed by atoms with Crippen LogP contribution in [0.2, 0.25) is 0 Å². The van der Waals surface area contributed by atoms with E-state index in [2.05, 4.69) is 6.58 Å². The molecule has 0 aliphatic rings. The van der Waals surface area contributed by atoms with Crippen molar-refractivity contribution in [3.63, 3.8) is 0 Å². The number of rotatable bonds is 6. The number of ether oxygens (including phenoxy) is 2. The highest BCUT2D eigenvalue weighted by Gasteiger charge is 2.34. The average molecular weight is 218 g/mol. The first kappa shape index (κ1) is 13.3. The highest BCUT2D eigenvalue weighted by atomic mass is 28.2. The predicted octanol–water partition coefficient (Wildman–Crippen LogP) is -0.192. The maximum atomic E-state index is 11.3. The molecule has 0 aliphatic heterocycles. The lowest BCUT2D eigenvalue weighted by Gasteiger charge is -2.25. The molecule has 5 heteroatoms. The molecule has 0 amide bonds. The van der Waals surface area contributed by atoms with E-state index in [1.54, 1.807) is 6.92 Å². The average Bonchev–Trinajstić information content (AvgIpc) is 2.15. The molecule has 0 N–H and O–H groups in total. The van der Waals surface area contributed by atoms with Crippen molar-refractivity contribution in [1.29, 1.82) is 0 Å². The molecule has 14 heavy (non-hydrogen) atoms. The maximum absolute atomic E-state index is 11.3. The molecular weight excluding hydrogens is 200 g/mol. The molecule has 0 rings (SSSR count). The summed E-state index contributed by atoms with van der Waals surface area (Å²) in [6, 6.07) is 0. The van der Waals surface area contributed by atoms with E-state index in [1.165, 1.54) is 7.11 Å². The zero-order valence-electron chi connectivity index (χ0n) is 9.25. The molecule has 0 fully saturated rings. The van der Waals surface area contributed by atoms with E-state index in [9.17, 15) is 4.79 Å². The number of hydrogen-bond donors (Lipinski definition) is 0. The second kappa shape index (κ2) is 5.95. The zero-order valence-corrected chi connectivity index (χ0v) is 11.3. The van der Waals surface area contributed by atoms with E-state index in [0.29, 0.717) is 17.1 Å². The van der Waals surface area contributed by atoms with Crippen molar-refractivity contribution >= 4 is 16.5 Å². The smallest absolute Gasteiger partial charge is 0.326 e. The van der Waals surface area contributed by atoms with Crippen molar-refractivity contribution in [1.82, 2.24) is 0 Å². The van der Waals surface area contributed by atoms with Crippen LogP contribution in [0, 0.1) is 0 Å². The molecule has 0 aromatic heterocycles. The molecule has 0 saturated carbocycles. The van der Waals surface area contributed by atoms with Crippen LogP contribution in [0.25, 0.3) is 0 Å². The molecule has 4 nitrogen and oxygen atoms in total. The summed E-state index contributed by atoms with van der Waals surface area (Å²) in [7, 11) is 1.82. The molecule has 1 atom stereocenters. The summed E-state index contributed by atoms with van der Waals surface area (Å²) in [4.78, 5) is 11.3. The topological polar surface area (TPSA) is 44.8 Å². The third-order valence-electron chi connectivity index (χ3n) is 1.79. The highest BCUT2D eigenvalue weighted by molar-refractivity contribution is 6.06. The summed E-state index contributed by atoms with van der Waals surface area (Å²) < 4.78 is 15.1. The van der Waals surface area contributed by atoms with Gasteiger partial charge in [-0.1, -0.05) is 12.2 Å². The van der Waals surface area contributed by atoms with Gasteiger partial charge in [-0.15, -0.1) is 0 Å². The summed E-state index contributed by atoms with van der Waals surface area (Å²) in [5.74, 6) is -0.381. The third kappa shape index (κ3) is 4.04. The van der Waals surface area contributed by atoms with E-state index in [4.69, 9.17) is 13.9 Å². The lowest BCUT2D eigenvalue weighted by Crippen LogP contribution is -2.43. The van der Waals surface area contributed by atoms with Crippen LogP contribution < -0.4 is 0 Å². The van der Waals surface area contributed by atoms with Gasteiger partial charge in [0.25, 0.3) is 0 Å². The minimum absolute atomic E-state index is 0.178. The fourth-order valence-corrected chi connectivity index (χ4v) is 1.27. The maximum Gasteiger partial charge on any atom is 0.326 e. The Morgan fingerprint density at radius 2 is 2.14 bits per heavy atom. The van der Waals surface area contributed by atoms with Crippen molar-refractivity contribution in [2.24, 2.45) is 0 Å². The second-order valence-corrected chi connectivity index (χ2v) is 3.78. The minimum Gasteiger partial charge on any atom is -0.527 e. The Morgan fingerprint density at radius 3 is 2.50 bits per heavy atom. The SMILES string of the molecule is C=C(C)COCC(C)(OC)C(=O)O[SiH3]. The van der Waals surface area contributed by atoms with E-state index in [0.717, 1.165) is 5.57 Å². The summed E-state index contributed by atoms with van der Waals surface area (Å²) in [5.41, 5.74) is -0.0975. The molecule has 0 aliphatic carbocycles. The van der Waals surface area contributed by atoms with Crippen LogP contribution in [0.5, 0.6) is 0 Å². The van der Waals surface area contributed by atoms with Gasteiger partial charge in [0.15, 0.2) is 5.60 Å². The van der Waals surface area contributed by atoms with E-state index < -0.39 is 5.60 Å². The third-order valence-corrected chi connectivity index (χ3v) is 2.16.